The van der Waals surface area contributed by atoms with Gasteiger partial charge in [-0.25, -0.2) is 8.42 Å². The summed E-state index contributed by atoms with van der Waals surface area (Å²) in [5.41, 5.74) is 2.12. The third-order valence-electron chi connectivity index (χ3n) is 3.00. The Kier molecular flexibility index (Phi) is 6.14. The van der Waals surface area contributed by atoms with Gasteiger partial charge in [0.15, 0.2) is 0 Å². The zero-order valence-electron chi connectivity index (χ0n) is 11.6. The molecule has 0 saturated carbocycles. The van der Waals surface area contributed by atoms with Crippen LogP contribution >= 0.6 is 10.7 Å². The third-order valence-corrected chi connectivity index (χ3v) is 4.25. The van der Waals surface area contributed by atoms with E-state index in [0.29, 0.717) is 6.61 Å². The number of halogens is 1. The Bertz CT molecular complexity index is 491. The molecule has 0 aromatic heterocycles. The minimum atomic E-state index is -3.48. The Hall–Kier alpha value is -0.740. The Labute approximate surface area is 120 Å². The van der Waals surface area contributed by atoms with Gasteiger partial charge in [-0.15, -0.1) is 0 Å². The average molecular weight is 305 g/mol. The number of hydrogen-bond donors (Lipinski definition) is 0. The first kappa shape index (κ1) is 16.3. The number of para-hydroxylation sites is 1. The topological polar surface area (TPSA) is 43.4 Å². The molecule has 0 saturated heterocycles. The fourth-order valence-electron chi connectivity index (χ4n) is 2.13. The van der Waals surface area contributed by atoms with E-state index in [4.69, 9.17) is 15.4 Å². The van der Waals surface area contributed by atoms with E-state index in [1.54, 1.807) is 0 Å². The molecule has 0 aliphatic carbocycles. The van der Waals surface area contributed by atoms with Crippen LogP contribution in [0, 0.1) is 19.8 Å². The van der Waals surface area contributed by atoms with Crippen LogP contribution in [0.25, 0.3) is 0 Å². The summed E-state index contributed by atoms with van der Waals surface area (Å²) in [6, 6.07) is 5.94. The molecule has 1 atom stereocenters. The third kappa shape index (κ3) is 5.83. The molecule has 0 heterocycles. The van der Waals surface area contributed by atoms with Crippen molar-refractivity contribution in [3.8, 4) is 5.75 Å². The van der Waals surface area contributed by atoms with Crippen LogP contribution in [0.3, 0.4) is 0 Å². The largest absolute Gasteiger partial charge is 0.493 e. The quantitative estimate of drug-likeness (QED) is 0.722. The first-order valence-corrected chi connectivity index (χ1v) is 8.92. The van der Waals surface area contributed by atoms with Gasteiger partial charge in [-0.3, -0.25) is 0 Å². The molecule has 0 spiro atoms. The van der Waals surface area contributed by atoms with Gasteiger partial charge in [-0.1, -0.05) is 31.5 Å². The normalized spacial score (nSPS) is 13.3. The highest BCUT2D eigenvalue weighted by molar-refractivity contribution is 8.13. The van der Waals surface area contributed by atoms with E-state index in [0.717, 1.165) is 29.7 Å². The van der Waals surface area contributed by atoms with Crippen molar-refractivity contribution in [2.75, 3.05) is 12.4 Å². The zero-order valence-corrected chi connectivity index (χ0v) is 13.2. The van der Waals surface area contributed by atoms with Crippen LogP contribution in [0.5, 0.6) is 5.75 Å². The zero-order chi connectivity index (χ0) is 14.5. The number of ether oxygens (including phenoxy) is 1. The molecular formula is C14H21ClO3S. The second-order valence-electron chi connectivity index (χ2n) is 4.89. The molecule has 0 amide bonds. The SMILES string of the molecule is CCCC(COc1c(C)cccc1C)CS(=O)(=O)Cl. The fourth-order valence-corrected chi connectivity index (χ4v) is 3.49. The minimum absolute atomic E-state index is 0.0344. The van der Waals surface area contributed by atoms with Gasteiger partial charge in [0.1, 0.15) is 5.75 Å². The lowest BCUT2D eigenvalue weighted by Gasteiger charge is -2.18. The monoisotopic (exact) mass is 304 g/mol. The number of benzene rings is 1. The molecule has 1 unspecified atom stereocenters. The molecule has 5 heteroatoms. The predicted octanol–water partition coefficient (Wildman–Crippen LogP) is 3.67. The maximum atomic E-state index is 11.2. The molecular weight excluding hydrogens is 284 g/mol. The number of rotatable bonds is 7. The van der Waals surface area contributed by atoms with E-state index >= 15 is 0 Å². The van der Waals surface area contributed by atoms with Crippen LogP contribution in [0.4, 0.5) is 0 Å². The van der Waals surface area contributed by atoms with Crippen molar-refractivity contribution in [3.63, 3.8) is 0 Å². The second-order valence-corrected chi connectivity index (χ2v) is 7.71. The summed E-state index contributed by atoms with van der Waals surface area (Å²) in [5.74, 6) is 0.745. The van der Waals surface area contributed by atoms with E-state index in [1.165, 1.54) is 0 Å². The van der Waals surface area contributed by atoms with Crippen LogP contribution in [0.15, 0.2) is 18.2 Å². The summed E-state index contributed by atoms with van der Waals surface area (Å²) < 4.78 is 28.1. The van der Waals surface area contributed by atoms with Crippen molar-refractivity contribution >= 4 is 19.7 Å². The fraction of sp³-hybridized carbons (Fsp3) is 0.571. The first-order valence-electron chi connectivity index (χ1n) is 6.44. The number of hydrogen-bond acceptors (Lipinski definition) is 3. The van der Waals surface area contributed by atoms with Crippen LogP contribution < -0.4 is 4.74 Å². The van der Waals surface area contributed by atoms with Crippen LogP contribution in [-0.4, -0.2) is 20.8 Å². The minimum Gasteiger partial charge on any atom is -0.493 e. The summed E-state index contributed by atoms with van der Waals surface area (Å²) in [4.78, 5) is 0. The maximum Gasteiger partial charge on any atom is 0.232 e. The molecule has 1 rings (SSSR count). The van der Waals surface area contributed by atoms with Crippen molar-refractivity contribution in [2.45, 2.75) is 33.6 Å². The lowest BCUT2D eigenvalue weighted by atomic mass is 10.1. The van der Waals surface area contributed by atoms with Crippen molar-refractivity contribution in [1.82, 2.24) is 0 Å². The van der Waals surface area contributed by atoms with Gasteiger partial charge in [0.25, 0.3) is 0 Å². The van der Waals surface area contributed by atoms with Gasteiger partial charge in [0.2, 0.25) is 9.05 Å². The molecule has 0 radical (unpaired) electrons. The summed E-state index contributed by atoms with van der Waals surface area (Å²) in [7, 11) is 1.85. The highest BCUT2D eigenvalue weighted by Crippen LogP contribution is 2.24. The van der Waals surface area contributed by atoms with Gasteiger partial charge >= 0.3 is 0 Å². The Morgan fingerprint density at radius 2 is 1.84 bits per heavy atom. The van der Waals surface area contributed by atoms with E-state index < -0.39 is 9.05 Å². The van der Waals surface area contributed by atoms with Crippen LogP contribution in [0.1, 0.15) is 30.9 Å². The van der Waals surface area contributed by atoms with Crippen LogP contribution in [-0.2, 0) is 9.05 Å². The van der Waals surface area contributed by atoms with Gasteiger partial charge < -0.3 is 4.74 Å². The Balaban J connectivity index is 2.71. The van der Waals surface area contributed by atoms with Crippen molar-refractivity contribution in [1.29, 1.82) is 0 Å². The summed E-state index contributed by atoms with van der Waals surface area (Å²) in [6.07, 6.45) is 1.70. The van der Waals surface area contributed by atoms with Gasteiger partial charge in [-0.05, 0) is 31.4 Å². The Morgan fingerprint density at radius 1 is 1.26 bits per heavy atom. The van der Waals surface area contributed by atoms with Crippen molar-refractivity contribution < 1.29 is 13.2 Å². The predicted molar refractivity (Wildman–Crippen MR) is 79.4 cm³/mol. The Morgan fingerprint density at radius 3 is 2.32 bits per heavy atom. The van der Waals surface area contributed by atoms with Crippen molar-refractivity contribution in [2.24, 2.45) is 5.92 Å². The lowest BCUT2D eigenvalue weighted by molar-refractivity contribution is 0.250. The van der Waals surface area contributed by atoms with Crippen molar-refractivity contribution in [3.05, 3.63) is 29.3 Å². The van der Waals surface area contributed by atoms with E-state index in [9.17, 15) is 8.42 Å². The molecule has 0 aliphatic heterocycles. The average Bonchev–Trinajstić information content (AvgIpc) is 2.26. The van der Waals surface area contributed by atoms with Crippen LogP contribution in [0.2, 0.25) is 0 Å². The lowest BCUT2D eigenvalue weighted by Crippen LogP contribution is -2.20. The molecule has 1 aromatic carbocycles. The van der Waals surface area contributed by atoms with Gasteiger partial charge in [0.05, 0.1) is 12.4 Å². The van der Waals surface area contributed by atoms with E-state index in [2.05, 4.69) is 0 Å². The highest BCUT2D eigenvalue weighted by atomic mass is 35.7. The van der Waals surface area contributed by atoms with Gasteiger partial charge in [-0.2, -0.15) is 0 Å². The summed E-state index contributed by atoms with van der Waals surface area (Å²) >= 11 is 0. The highest BCUT2D eigenvalue weighted by Gasteiger charge is 2.18. The summed E-state index contributed by atoms with van der Waals surface area (Å²) in [6.45, 7) is 6.36. The maximum absolute atomic E-state index is 11.2. The molecule has 0 fully saturated rings. The molecule has 0 aliphatic rings. The number of aryl methyl sites for hydroxylation is 2. The summed E-state index contributed by atoms with van der Waals surface area (Å²) in [5, 5.41) is 0. The second kappa shape index (κ2) is 7.15. The van der Waals surface area contributed by atoms with Gasteiger partial charge in [0, 0.05) is 16.6 Å². The standard InChI is InChI=1S/C14H21ClO3S/c1-4-6-13(10-19(15,16)17)9-18-14-11(2)7-5-8-12(14)3/h5,7-8,13H,4,6,9-10H2,1-3H3. The van der Waals surface area contributed by atoms with E-state index in [-0.39, 0.29) is 11.7 Å². The first-order chi connectivity index (χ1) is 8.83. The molecule has 3 nitrogen and oxygen atoms in total. The van der Waals surface area contributed by atoms with E-state index in [1.807, 2.05) is 39.0 Å². The molecule has 1 aromatic rings. The molecule has 19 heavy (non-hydrogen) atoms. The molecule has 0 bridgehead atoms. The smallest absolute Gasteiger partial charge is 0.232 e. The molecule has 0 N–H and O–H groups in total. The molecule has 108 valence electrons.